The van der Waals surface area contributed by atoms with E-state index in [9.17, 15) is 4.79 Å². The molecule has 1 atom stereocenters. The van der Waals surface area contributed by atoms with Crippen LogP contribution in [-0.2, 0) is 17.6 Å². The Kier molecular flexibility index (Phi) is 3.01. The molecule has 82 valence electrons. The Hall–Kier alpha value is -1.36. The van der Waals surface area contributed by atoms with Gasteiger partial charge in [0, 0.05) is 12.5 Å². The van der Waals surface area contributed by atoms with Gasteiger partial charge in [-0.15, -0.1) is 0 Å². The molecule has 0 aliphatic carbocycles. The van der Waals surface area contributed by atoms with E-state index in [-0.39, 0.29) is 6.42 Å². The normalized spacial score (nSPS) is 20.7. The van der Waals surface area contributed by atoms with Crippen LogP contribution in [0.4, 0.5) is 0 Å². The van der Waals surface area contributed by atoms with Gasteiger partial charge in [0.1, 0.15) is 12.2 Å². The number of carbonyl (C=O) groups is 1. The zero-order valence-corrected chi connectivity index (χ0v) is 8.40. The van der Waals surface area contributed by atoms with Gasteiger partial charge in [-0.05, 0) is 19.4 Å². The first-order valence-corrected chi connectivity index (χ1v) is 5.13. The summed E-state index contributed by atoms with van der Waals surface area (Å²) in [5.74, 6) is 0.165. The van der Waals surface area contributed by atoms with Crippen molar-refractivity contribution in [2.24, 2.45) is 0 Å². The fourth-order valence-electron chi connectivity index (χ4n) is 1.81. The molecule has 1 aromatic heterocycles. The lowest BCUT2D eigenvalue weighted by Gasteiger charge is -2.05. The Morgan fingerprint density at radius 2 is 2.60 bits per heavy atom. The molecule has 5 heteroatoms. The highest BCUT2D eigenvalue weighted by Gasteiger charge is 2.17. The molecule has 0 radical (unpaired) electrons. The summed E-state index contributed by atoms with van der Waals surface area (Å²) in [6.07, 6.45) is 4.48. The molecule has 15 heavy (non-hydrogen) atoms. The van der Waals surface area contributed by atoms with Gasteiger partial charge in [-0.25, -0.2) is 4.98 Å². The van der Waals surface area contributed by atoms with Gasteiger partial charge in [0.05, 0.1) is 6.20 Å². The van der Waals surface area contributed by atoms with E-state index in [1.807, 2.05) is 0 Å². The number of nitrogens with one attached hydrogen (secondary N) is 1. The highest BCUT2D eigenvalue weighted by atomic mass is 16.4. The van der Waals surface area contributed by atoms with Crippen molar-refractivity contribution in [2.75, 3.05) is 6.54 Å². The maximum Gasteiger partial charge on any atom is 0.311 e. The summed E-state index contributed by atoms with van der Waals surface area (Å²) in [5, 5.41) is 11.9. The summed E-state index contributed by atoms with van der Waals surface area (Å²) >= 11 is 0. The first-order chi connectivity index (χ1) is 7.24. The van der Waals surface area contributed by atoms with Crippen molar-refractivity contribution < 1.29 is 14.3 Å². The minimum absolute atomic E-state index is 0.0922. The van der Waals surface area contributed by atoms with Crippen LogP contribution in [0.2, 0.25) is 0 Å². The zero-order chi connectivity index (χ0) is 10.7. The van der Waals surface area contributed by atoms with E-state index in [0.717, 1.165) is 19.4 Å². The van der Waals surface area contributed by atoms with Crippen LogP contribution in [0.1, 0.15) is 24.5 Å². The number of nitrogens with zero attached hydrogens (tertiary/aromatic N) is 1. The second kappa shape index (κ2) is 4.44. The monoisotopic (exact) mass is 210 g/mol. The number of hydrogen-bond donors (Lipinski definition) is 2. The van der Waals surface area contributed by atoms with Crippen LogP contribution in [0.5, 0.6) is 0 Å². The Bertz CT molecular complexity index is 342. The standard InChI is InChI=1S/C10H14N2O3/c13-10(14)5-8-6-12-9(15-8)4-7-2-1-3-11-7/h6-7,11H,1-5H2,(H,13,14). The Morgan fingerprint density at radius 1 is 1.73 bits per heavy atom. The van der Waals surface area contributed by atoms with Crippen molar-refractivity contribution >= 4 is 5.97 Å². The topological polar surface area (TPSA) is 75.4 Å². The number of hydrogen-bond acceptors (Lipinski definition) is 4. The van der Waals surface area contributed by atoms with Gasteiger partial charge >= 0.3 is 5.97 Å². The van der Waals surface area contributed by atoms with Crippen molar-refractivity contribution in [1.29, 1.82) is 0 Å². The largest absolute Gasteiger partial charge is 0.481 e. The summed E-state index contributed by atoms with van der Waals surface area (Å²) in [7, 11) is 0. The molecule has 1 aromatic rings. The number of oxazole rings is 1. The molecular weight excluding hydrogens is 196 g/mol. The van der Waals surface area contributed by atoms with Crippen molar-refractivity contribution in [2.45, 2.75) is 31.7 Å². The SMILES string of the molecule is O=C(O)Cc1cnc(CC2CCCN2)o1. The fraction of sp³-hybridized carbons (Fsp3) is 0.600. The van der Waals surface area contributed by atoms with Gasteiger partial charge in [-0.2, -0.15) is 0 Å². The summed E-state index contributed by atoms with van der Waals surface area (Å²) < 4.78 is 5.32. The molecule has 2 rings (SSSR count). The lowest BCUT2D eigenvalue weighted by Crippen LogP contribution is -2.23. The van der Waals surface area contributed by atoms with Crippen LogP contribution in [-0.4, -0.2) is 28.6 Å². The maximum absolute atomic E-state index is 10.4. The van der Waals surface area contributed by atoms with Gasteiger partial charge < -0.3 is 14.8 Å². The maximum atomic E-state index is 10.4. The van der Waals surface area contributed by atoms with Crippen LogP contribution in [0.3, 0.4) is 0 Å². The molecular formula is C10H14N2O3. The molecule has 5 nitrogen and oxygen atoms in total. The third-order valence-electron chi connectivity index (χ3n) is 2.51. The smallest absolute Gasteiger partial charge is 0.311 e. The van der Waals surface area contributed by atoms with E-state index in [0.29, 0.717) is 17.7 Å². The van der Waals surface area contributed by atoms with E-state index in [4.69, 9.17) is 9.52 Å². The lowest BCUT2D eigenvalue weighted by molar-refractivity contribution is -0.136. The number of rotatable bonds is 4. The van der Waals surface area contributed by atoms with Crippen LogP contribution in [0, 0.1) is 0 Å². The highest BCUT2D eigenvalue weighted by Crippen LogP contribution is 2.12. The molecule has 1 aliphatic heterocycles. The first-order valence-electron chi connectivity index (χ1n) is 5.13. The molecule has 1 aliphatic rings. The predicted molar refractivity (Wildman–Crippen MR) is 52.6 cm³/mol. The fourth-order valence-corrected chi connectivity index (χ4v) is 1.81. The van der Waals surface area contributed by atoms with E-state index in [2.05, 4.69) is 10.3 Å². The Balaban J connectivity index is 1.91. The molecule has 0 amide bonds. The molecule has 1 unspecified atom stereocenters. The molecule has 0 aromatic carbocycles. The summed E-state index contributed by atoms with van der Waals surface area (Å²) in [5.41, 5.74) is 0. The van der Waals surface area contributed by atoms with Gasteiger partial charge in [-0.1, -0.05) is 0 Å². The van der Waals surface area contributed by atoms with Crippen LogP contribution in [0.15, 0.2) is 10.6 Å². The van der Waals surface area contributed by atoms with E-state index in [1.54, 1.807) is 0 Å². The lowest BCUT2D eigenvalue weighted by atomic mass is 10.2. The van der Waals surface area contributed by atoms with E-state index >= 15 is 0 Å². The Morgan fingerprint density at radius 3 is 3.27 bits per heavy atom. The second-order valence-corrected chi connectivity index (χ2v) is 3.79. The summed E-state index contributed by atoms with van der Waals surface area (Å²) in [4.78, 5) is 14.5. The third-order valence-corrected chi connectivity index (χ3v) is 2.51. The number of aliphatic carboxylic acids is 1. The molecule has 1 fully saturated rings. The van der Waals surface area contributed by atoms with Gasteiger partial charge in [0.15, 0.2) is 5.89 Å². The average Bonchev–Trinajstić information content (AvgIpc) is 2.77. The summed E-state index contributed by atoms with van der Waals surface area (Å²) in [6.45, 7) is 1.05. The number of carboxylic acids is 1. The molecule has 2 N–H and O–H groups in total. The minimum Gasteiger partial charge on any atom is -0.481 e. The number of carboxylic acid groups (broad SMARTS) is 1. The summed E-state index contributed by atoms with van der Waals surface area (Å²) in [6, 6.07) is 0.432. The molecule has 0 saturated carbocycles. The van der Waals surface area contributed by atoms with E-state index in [1.165, 1.54) is 12.6 Å². The van der Waals surface area contributed by atoms with Crippen LogP contribution in [0.25, 0.3) is 0 Å². The minimum atomic E-state index is -0.892. The quantitative estimate of drug-likeness (QED) is 0.761. The van der Waals surface area contributed by atoms with Crippen LogP contribution >= 0.6 is 0 Å². The van der Waals surface area contributed by atoms with Crippen molar-refractivity contribution in [3.8, 4) is 0 Å². The first kappa shape index (κ1) is 10.2. The number of aromatic nitrogens is 1. The average molecular weight is 210 g/mol. The zero-order valence-electron chi connectivity index (χ0n) is 8.40. The van der Waals surface area contributed by atoms with Crippen molar-refractivity contribution in [3.63, 3.8) is 0 Å². The Labute approximate surface area is 87.5 Å². The van der Waals surface area contributed by atoms with Gasteiger partial charge in [-0.3, -0.25) is 4.79 Å². The molecule has 1 saturated heterocycles. The van der Waals surface area contributed by atoms with Crippen LogP contribution < -0.4 is 5.32 Å². The third kappa shape index (κ3) is 2.79. The predicted octanol–water partition coefficient (Wildman–Crippen LogP) is 0.596. The molecule has 0 spiro atoms. The molecule has 2 heterocycles. The van der Waals surface area contributed by atoms with Crippen molar-refractivity contribution in [3.05, 3.63) is 17.8 Å². The van der Waals surface area contributed by atoms with Crippen molar-refractivity contribution in [1.82, 2.24) is 10.3 Å². The van der Waals surface area contributed by atoms with Gasteiger partial charge in [0.25, 0.3) is 0 Å². The van der Waals surface area contributed by atoms with E-state index < -0.39 is 5.97 Å². The highest BCUT2D eigenvalue weighted by molar-refractivity contribution is 5.69. The second-order valence-electron chi connectivity index (χ2n) is 3.79. The molecule has 0 bridgehead atoms. The van der Waals surface area contributed by atoms with Gasteiger partial charge in [0.2, 0.25) is 0 Å².